The summed E-state index contributed by atoms with van der Waals surface area (Å²) in [6.45, 7) is 7.70. The van der Waals surface area contributed by atoms with Crippen molar-refractivity contribution in [1.29, 1.82) is 5.26 Å². The van der Waals surface area contributed by atoms with Crippen LogP contribution in [-0.2, 0) is 15.8 Å². The lowest BCUT2D eigenvalue weighted by Gasteiger charge is -2.40. The molecular weight excluding hydrogens is 457 g/mol. The van der Waals surface area contributed by atoms with E-state index in [1.807, 2.05) is 25.7 Å². The molecule has 4 rings (SSSR count). The number of likely N-dealkylation sites (tertiary alicyclic amines) is 1. The molecule has 1 saturated carbocycles. The predicted molar refractivity (Wildman–Crippen MR) is 125 cm³/mol. The van der Waals surface area contributed by atoms with Gasteiger partial charge in [-0.05, 0) is 61.1 Å². The van der Waals surface area contributed by atoms with E-state index in [2.05, 4.69) is 5.32 Å². The molecule has 1 aromatic rings. The van der Waals surface area contributed by atoms with Gasteiger partial charge in [-0.1, -0.05) is 20.8 Å². The van der Waals surface area contributed by atoms with Crippen molar-refractivity contribution in [2.75, 3.05) is 24.5 Å². The third kappa shape index (κ3) is 5.74. The molecule has 1 atom stereocenters. The van der Waals surface area contributed by atoms with E-state index in [0.717, 1.165) is 18.9 Å². The zero-order chi connectivity index (χ0) is 25.6. The van der Waals surface area contributed by atoms with Crippen LogP contribution >= 0.6 is 0 Å². The third-order valence-electron chi connectivity index (χ3n) is 7.35. The van der Waals surface area contributed by atoms with Gasteiger partial charge >= 0.3 is 6.18 Å². The average molecular weight is 491 g/mol. The second-order valence-electron chi connectivity index (χ2n) is 11.6. The standard InChI is InChI=1S/C26H33F3N4O2/c1-24(2,3)14-22(34)32-10-8-25(9-11-32)13-21(23(35)31-18-5-6-18)33(16-25)19-7-4-17(15-30)20(12-19)26(27,28)29/h4,7,12,18,21H,5-6,8-11,13-14,16H2,1-3H3,(H,31,35). The van der Waals surface area contributed by atoms with Crippen molar-refractivity contribution < 1.29 is 22.8 Å². The number of anilines is 1. The Morgan fingerprint density at radius 3 is 2.37 bits per heavy atom. The minimum Gasteiger partial charge on any atom is -0.359 e. The summed E-state index contributed by atoms with van der Waals surface area (Å²) in [5.74, 6) is -0.0410. The maximum Gasteiger partial charge on any atom is 0.417 e. The van der Waals surface area contributed by atoms with Crippen molar-refractivity contribution >= 4 is 17.5 Å². The molecule has 190 valence electrons. The van der Waals surface area contributed by atoms with Crippen LogP contribution in [0.5, 0.6) is 0 Å². The summed E-state index contributed by atoms with van der Waals surface area (Å²) in [4.78, 5) is 29.5. The fourth-order valence-corrected chi connectivity index (χ4v) is 5.29. The first kappa shape index (κ1) is 25.3. The maximum atomic E-state index is 13.6. The Kier molecular flexibility index (Phi) is 6.54. The van der Waals surface area contributed by atoms with Crippen molar-refractivity contribution in [3.63, 3.8) is 0 Å². The lowest BCUT2D eigenvalue weighted by Crippen LogP contribution is -2.45. The molecule has 1 spiro atoms. The topological polar surface area (TPSA) is 76.4 Å². The number of rotatable bonds is 4. The first-order valence-corrected chi connectivity index (χ1v) is 12.3. The van der Waals surface area contributed by atoms with Crippen LogP contribution in [0.15, 0.2) is 18.2 Å². The summed E-state index contributed by atoms with van der Waals surface area (Å²) < 4.78 is 40.9. The quantitative estimate of drug-likeness (QED) is 0.675. The van der Waals surface area contributed by atoms with E-state index in [1.165, 1.54) is 12.1 Å². The third-order valence-corrected chi connectivity index (χ3v) is 7.35. The first-order valence-electron chi connectivity index (χ1n) is 12.3. The van der Waals surface area contributed by atoms with Crippen molar-refractivity contribution in [3.8, 4) is 6.07 Å². The Morgan fingerprint density at radius 2 is 1.83 bits per heavy atom. The molecule has 0 bridgehead atoms. The molecule has 9 heteroatoms. The maximum absolute atomic E-state index is 13.6. The van der Waals surface area contributed by atoms with E-state index in [-0.39, 0.29) is 28.7 Å². The smallest absolute Gasteiger partial charge is 0.359 e. The molecular formula is C26H33F3N4O2. The number of halogens is 3. The zero-order valence-corrected chi connectivity index (χ0v) is 20.5. The number of hydrogen-bond acceptors (Lipinski definition) is 4. The first-order chi connectivity index (χ1) is 16.3. The fourth-order valence-electron chi connectivity index (χ4n) is 5.29. The van der Waals surface area contributed by atoms with Crippen molar-refractivity contribution in [3.05, 3.63) is 29.3 Å². The van der Waals surface area contributed by atoms with Crippen LogP contribution in [0, 0.1) is 22.2 Å². The number of nitrogens with zero attached hydrogens (tertiary/aromatic N) is 3. The summed E-state index contributed by atoms with van der Waals surface area (Å²) in [6, 6.07) is 4.87. The minimum absolute atomic E-state index is 0.103. The van der Waals surface area contributed by atoms with Gasteiger partial charge in [-0.15, -0.1) is 0 Å². The zero-order valence-electron chi connectivity index (χ0n) is 20.5. The van der Waals surface area contributed by atoms with Gasteiger partial charge in [0.05, 0.1) is 17.2 Å². The van der Waals surface area contributed by atoms with Crippen LogP contribution in [0.25, 0.3) is 0 Å². The van der Waals surface area contributed by atoms with Gasteiger partial charge in [-0.3, -0.25) is 9.59 Å². The minimum atomic E-state index is -4.66. The van der Waals surface area contributed by atoms with E-state index in [9.17, 15) is 22.8 Å². The van der Waals surface area contributed by atoms with Gasteiger partial charge in [0.25, 0.3) is 0 Å². The number of amides is 2. The fraction of sp³-hybridized carbons (Fsp3) is 0.654. The number of piperidine rings is 1. The van der Waals surface area contributed by atoms with Crippen LogP contribution < -0.4 is 10.2 Å². The highest BCUT2D eigenvalue weighted by Crippen LogP contribution is 2.46. The number of carbonyl (C=O) groups excluding carboxylic acids is 2. The number of nitrogens with one attached hydrogen (secondary N) is 1. The normalized spacial score (nSPS) is 22.3. The number of nitriles is 1. The van der Waals surface area contributed by atoms with Crippen LogP contribution in [0.3, 0.4) is 0 Å². The molecule has 1 aromatic carbocycles. The van der Waals surface area contributed by atoms with Crippen molar-refractivity contribution in [1.82, 2.24) is 10.2 Å². The lowest BCUT2D eigenvalue weighted by molar-refractivity contribution is -0.138. The van der Waals surface area contributed by atoms with Gasteiger partial charge in [-0.25, -0.2) is 0 Å². The highest BCUT2D eigenvalue weighted by molar-refractivity contribution is 5.87. The summed E-state index contributed by atoms with van der Waals surface area (Å²) in [7, 11) is 0. The van der Waals surface area contributed by atoms with Crippen LogP contribution in [0.4, 0.5) is 18.9 Å². The Bertz CT molecular complexity index is 1030. The Morgan fingerprint density at radius 1 is 1.17 bits per heavy atom. The lowest BCUT2D eigenvalue weighted by atomic mass is 9.76. The van der Waals surface area contributed by atoms with Crippen molar-refractivity contribution in [2.24, 2.45) is 10.8 Å². The number of hydrogen-bond donors (Lipinski definition) is 1. The Balaban J connectivity index is 1.57. The molecule has 1 aliphatic carbocycles. The number of carbonyl (C=O) groups is 2. The number of alkyl halides is 3. The van der Waals surface area contributed by atoms with Crippen LogP contribution in [-0.4, -0.2) is 48.4 Å². The Labute approximate surface area is 204 Å². The molecule has 3 aliphatic rings. The summed E-state index contributed by atoms with van der Waals surface area (Å²) in [5.41, 5.74) is -1.47. The van der Waals surface area contributed by atoms with Crippen molar-refractivity contribution in [2.45, 2.75) is 77.6 Å². The molecule has 2 aliphatic heterocycles. The van der Waals surface area contributed by atoms with Gasteiger partial charge < -0.3 is 15.1 Å². The molecule has 0 aromatic heterocycles. The molecule has 0 radical (unpaired) electrons. The van der Waals surface area contributed by atoms with Gasteiger partial charge in [0, 0.05) is 37.8 Å². The van der Waals surface area contributed by atoms with Gasteiger partial charge in [0.2, 0.25) is 11.8 Å². The second kappa shape index (κ2) is 9.03. The monoisotopic (exact) mass is 490 g/mol. The molecule has 2 heterocycles. The molecule has 2 saturated heterocycles. The molecule has 35 heavy (non-hydrogen) atoms. The van der Waals surface area contributed by atoms with E-state index in [4.69, 9.17) is 5.26 Å². The van der Waals surface area contributed by atoms with E-state index < -0.39 is 23.3 Å². The highest BCUT2D eigenvalue weighted by atomic mass is 19.4. The van der Waals surface area contributed by atoms with Crippen LogP contribution in [0.2, 0.25) is 0 Å². The summed E-state index contributed by atoms with van der Waals surface area (Å²) >= 11 is 0. The largest absolute Gasteiger partial charge is 0.417 e. The SMILES string of the molecule is CC(C)(C)CC(=O)N1CCC2(CC1)CC(C(=O)NC1CC1)N(c1ccc(C#N)c(C(F)(F)F)c1)C2. The molecule has 2 amide bonds. The van der Waals surface area contributed by atoms with E-state index in [1.54, 1.807) is 11.0 Å². The molecule has 1 unspecified atom stereocenters. The highest BCUT2D eigenvalue weighted by Gasteiger charge is 2.49. The van der Waals surface area contributed by atoms with Gasteiger partial charge in [-0.2, -0.15) is 18.4 Å². The van der Waals surface area contributed by atoms with Gasteiger partial charge in [0.15, 0.2) is 0 Å². The molecule has 3 fully saturated rings. The predicted octanol–water partition coefficient (Wildman–Crippen LogP) is 4.48. The molecule has 1 N–H and O–H groups in total. The summed E-state index contributed by atoms with van der Waals surface area (Å²) in [6.07, 6.45) is -0.418. The van der Waals surface area contributed by atoms with E-state index in [0.29, 0.717) is 51.0 Å². The summed E-state index contributed by atoms with van der Waals surface area (Å²) in [5, 5.41) is 12.2. The molecule has 6 nitrogen and oxygen atoms in total. The second-order valence-corrected chi connectivity index (χ2v) is 11.6. The van der Waals surface area contributed by atoms with Crippen LogP contribution in [0.1, 0.15) is 70.4 Å². The average Bonchev–Trinajstić information content (AvgIpc) is 3.51. The Hall–Kier alpha value is -2.76. The number of benzene rings is 1. The van der Waals surface area contributed by atoms with Gasteiger partial charge in [0.1, 0.15) is 6.04 Å². The van der Waals surface area contributed by atoms with E-state index >= 15 is 0 Å².